The fraction of sp³-hybridized carbons (Fsp3) is 0.162. The first-order valence-electron chi connectivity index (χ1n) is 17.4. The molecule has 2 atom stereocenters. The van der Waals surface area contributed by atoms with Gasteiger partial charge in [-0.25, -0.2) is 4.79 Å². The SMILES string of the molecule is CCCNC(=O)C(Nc1cccc(C(=O)Nc2cccc(-n3c(=S)[nH][nH]c3=S)c2)c1)C(Nc1cccc(OCNc2cccc(-n3c(=S)[nH][nH]c3=S)c2)c1)C(=O)O. The molecule has 0 aliphatic heterocycles. The first-order valence-corrected chi connectivity index (χ1v) is 19.1. The van der Waals surface area contributed by atoms with Crippen molar-refractivity contribution in [3.63, 3.8) is 0 Å². The summed E-state index contributed by atoms with van der Waals surface area (Å²) in [6.07, 6.45) is 0.633. The number of hydrogen-bond donors (Lipinski definition) is 10. The number of benzene rings is 4. The average Bonchev–Trinajstić information content (AvgIpc) is 3.73. The van der Waals surface area contributed by atoms with Gasteiger partial charge in [0.2, 0.25) is 5.91 Å². The van der Waals surface area contributed by atoms with Gasteiger partial charge in [-0.3, -0.25) is 39.1 Å². The minimum absolute atomic E-state index is 0.0785. The summed E-state index contributed by atoms with van der Waals surface area (Å²) in [4.78, 5) is 39.7. The van der Waals surface area contributed by atoms with Crippen molar-refractivity contribution in [2.75, 3.05) is 34.5 Å². The van der Waals surface area contributed by atoms with Gasteiger partial charge in [-0.1, -0.05) is 31.2 Å². The predicted molar refractivity (Wildman–Crippen MR) is 228 cm³/mol. The van der Waals surface area contributed by atoms with Crippen LogP contribution in [0, 0.1) is 19.1 Å². The second kappa shape index (κ2) is 18.5. The van der Waals surface area contributed by atoms with Gasteiger partial charge in [0.25, 0.3) is 5.91 Å². The lowest BCUT2D eigenvalue weighted by Gasteiger charge is -2.27. The smallest absolute Gasteiger partial charge is 0.328 e. The van der Waals surface area contributed by atoms with Crippen LogP contribution < -0.4 is 31.3 Å². The summed E-state index contributed by atoms with van der Waals surface area (Å²) >= 11 is 21.3. The number of rotatable bonds is 17. The summed E-state index contributed by atoms with van der Waals surface area (Å²) in [5, 5.41) is 36.5. The Labute approximate surface area is 345 Å². The van der Waals surface area contributed by atoms with Crippen LogP contribution in [-0.4, -0.2) is 77.8 Å². The Balaban J connectivity index is 1.15. The molecule has 0 aliphatic carbocycles. The van der Waals surface area contributed by atoms with Crippen molar-refractivity contribution in [3.8, 4) is 17.1 Å². The third-order valence-electron chi connectivity index (χ3n) is 8.38. The lowest BCUT2D eigenvalue weighted by Crippen LogP contribution is -2.53. The molecule has 0 bridgehead atoms. The van der Waals surface area contributed by atoms with Crippen molar-refractivity contribution in [2.24, 2.45) is 0 Å². The Morgan fingerprint density at radius 3 is 1.82 bits per heavy atom. The van der Waals surface area contributed by atoms with Gasteiger partial charge in [0.1, 0.15) is 11.8 Å². The highest BCUT2D eigenvalue weighted by Crippen LogP contribution is 2.23. The maximum Gasteiger partial charge on any atom is 0.328 e. The maximum atomic E-state index is 13.5. The van der Waals surface area contributed by atoms with Crippen LogP contribution in [0.5, 0.6) is 5.75 Å². The first-order chi connectivity index (χ1) is 27.5. The van der Waals surface area contributed by atoms with Crippen molar-refractivity contribution in [1.82, 2.24) is 34.8 Å². The largest absolute Gasteiger partial charge is 0.480 e. The molecule has 2 aromatic heterocycles. The van der Waals surface area contributed by atoms with E-state index in [1.54, 1.807) is 75.9 Å². The van der Waals surface area contributed by atoms with Crippen molar-refractivity contribution in [1.29, 1.82) is 0 Å². The van der Waals surface area contributed by atoms with E-state index < -0.39 is 29.9 Å². The number of nitrogens with zero attached hydrogens (tertiary/aromatic N) is 2. The Bertz CT molecular complexity index is 2590. The fourth-order valence-electron chi connectivity index (χ4n) is 5.71. The highest BCUT2D eigenvalue weighted by Gasteiger charge is 2.34. The fourth-order valence-corrected chi connectivity index (χ4v) is 6.81. The van der Waals surface area contributed by atoms with E-state index in [2.05, 4.69) is 47.0 Å². The van der Waals surface area contributed by atoms with Crippen LogP contribution in [0.1, 0.15) is 23.7 Å². The summed E-state index contributed by atoms with van der Waals surface area (Å²) in [6, 6.07) is 24.8. The average molecular weight is 844 g/mol. The van der Waals surface area contributed by atoms with E-state index in [1.807, 2.05) is 31.2 Å². The molecule has 57 heavy (non-hydrogen) atoms. The molecular formula is C37H37N11O5S4. The summed E-state index contributed by atoms with van der Waals surface area (Å²) in [5.74, 6) is -1.84. The van der Waals surface area contributed by atoms with Crippen LogP contribution in [-0.2, 0) is 9.59 Å². The zero-order valence-electron chi connectivity index (χ0n) is 30.1. The lowest BCUT2D eigenvalue weighted by atomic mass is 10.1. The minimum atomic E-state index is -1.45. The molecule has 0 saturated heterocycles. The molecule has 0 saturated carbocycles. The number of aromatic nitrogens is 6. The molecule has 0 radical (unpaired) electrons. The summed E-state index contributed by atoms with van der Waals surface area (Å²) < 4.78 is 10.8. The molecule has 10 N–H and O–H groups in total. The topological polar surface area (TPSA) is 214 Å². The van der Waals surface area contributed by atoms with Crippen LogP contribution in [0.4, 0.5) is 22.7 Å². The van der Waals surface area contributed by atoms with E-state index in [4.69, 9.17) is 53.6 Å². The molecule has 20 heteroatoms. The zero-order chi connectivity index (χ0) is 40.5. The van der Waals surface area contributed by atoms with E-state index in [9.17, 15) is 19.5 Å². The Morgan fingerprint density at radius 1 is 0.684 bits per heavy atom. The molecular weight excluding hydrogens is 807 g/mol. The number of ether oxygens (including phenoxy) is 1. The Morgan fingerprint density at radius 2 is 1.21 bits per heavy atom. The standard InChI is InChI=1S/C37H37N11O5S4/c1-2-15-38-32(50)29(40-23-9-3-7-21(16-23)31(49)42-24-10-5-13-27(18-24)48-36(56)45-46-37(48)57)30(33(51)52)41-25-11-6-14-28(19-25)53-20-39-22-8-4-12-26(17-22)47-34(54)43-44-35(47)55/h3-14,16-19,29-30,39-41H,2,15,20H2,1H3,(H,38,50)(H,42,49)(H,43,54)(H,44,55)(H,45,56)(H,46,57)(H,51,52). The molecule has 0 spiro atoms. The normalized spacial score (nSPS) is 11.9. The molecule has 6 rings (SSSR count). The number of H-pyrrole nitrogens is 4. The van der Waals surface area contributed by atoms with Crippen molar-refractivity contribution in [3.05, 3.63) is 122 Å². The molecule has 294 valence electrons. The number of carboxylic acid groups (broad SMARTS) is 1. The molecule has 2 amide bonds. The molecule has 6 aromatic rings. The van der Waals surface area contributed by atoms with Crippen LogP contribution in [0.2, 0.25) is 0 Å². The van der Waals surface area contributed by atoms with Crippen LogP contribution >= 0.6 is 48.9 Å². The van der Waals surface area contributed by atoms with E-state index in [1.165, 1.54) is 6.07 Å². The first kappa shape index (κ1) is 40.3. The van der Waals surface area contributed by atoms with Gasteiger partial charge in [-0.2, -0.15) is 0 Å². The second-order valence-electron chi connectivity index (χ2n) is 12.4. The monoisotopic (exact) mass is 843 g/mol. The molecule has 0 aliphatic rings. The van der Waals surface area contributed by atoms with Gasteiger partial charge in [0, 0.05) is 40.9 Å². The van der Waals surface area contributed by atoms with Crippen molar-refractivity contribution in [2.45, 2.75) is 25.4 Å². The molecule has 4 aromatic carbocycles. The number of aromatic amines is 4. The van der Waals surface area contributed by atoms with Gasteiger partial charge in [0.15, 0.2) is 31.9 Å². The van der Waals surface area contributed by atoms with Gasteiger partial charge >= 0.3 is 5.97 Å². The van der Waals surface area contributed by atoms with E-state index in [0.29, 0.717) is 60.5 Å². The lowest BCUT2D eigenvalue weighted by molar-refractivity contribution is -0.140. The number of anilines is 4. The Hall–Kier alpha value is -6.35. The number of nitrogens with one attached hydrogen (secondary N) is 9. The zero-order valence-corrected chi connectivity index (χ0v) is 33.4. The number of hydrogen-bond acceptors (Lipinski definition) is 11. The quantitative estimate of drug-likeness (QED) is 0.0330. The van der Waals surface area contributed by atoms with Gasteiger partial charge in [0.05, 0.1) is 11.4 Å². The predicted octanol–water partition coefficient (Wildman–Crippen LogP) is 7.07. The van der Waals surface area contributed by atoms with Crippen molar-refractivity contribution >= 4 is 89.4 Å². The van der Waals surface area contributed by atoms with E-state index in [0.717, 1.165) is 11.4 Å². The maximum absolute atomic E-state index is 13.5. The molecule has 16 nitrogen and oxygen atoms in total. The van der Waals surface area contributed by atoms with Gasteiger partial charge < -0.3 is 36.4 Å². The Kier molecular flexibility index (Phi) is 13.1. The second-order valence-corrected chi connectivity index (χ2v) is 13.9. The highest BCUT2D eigenvalue weighted by molar-refractivity contribution is 7.72. The number of amides is 2. The molecule has 2 heterocycles. The van der Waals surface area contributed by atoms with Crippen LogP contribution in [0.3, 0.4) is 0 Å². The van der Waals surface area contributed by atoms with Gasteiger partial charge in [-0.05, 0) is 122 Å². The van der Waals surface area contributed by atoms with Crippen LogP contribution in [0.25, 0.3) is 11.4 Å². The van der Waals surface area contributed by atoms with Crippen LogP contribution in [0.15, 0.2) is 97.1 Å². The number of carbonyl (C=O) groups is 3. The molecule has 0 fully saturated rings. The highest BCUT2D eigenvalue weighted by atomic mass is 32.1. The van der Waals surface area contributed by atoms with Gasteiger partial charge in [-0.15, -0.1) is 0 Å². The summed E-state index contributed by atoms with van der Waals surface area (Å²) in [7, 11) is 0. The molecule has 2 unspecified atom stereocenters. The number of carboxylic acids is 1. The third-order valence-corrected chi connectivity index (χ3v) is 9.52. The summed E-state index contributed by atoms with van der Waals surface area (Å²) in [5.41, 5.74) is 3.63. The third kappa shape index (κ3) is 10.1. The van der Waals surface area contributed by atoms with E-state index >= 15 is 0 Å². The minimum Gasteiger partial charge on any atom is -0.480 e. The summed E-state index contributed by atoms with van der Waals surface area (Å²) in [6.45, 7) is 2.29. The number of aliphatic carboxylic acids is 1. The van der Waals surface area contributed by atoms with E-state index in [-0.39, 0.29) is 12.3 Å². The number of carbonyl (C=O) groups excluding carboxylic acids is 2. The van der Waals surface area contributed by atoms with Crippen molar-refractivity contribution < 1.29 is 24.2 Å².